The molecule has 1 saturated carbocycles. The highest BCUT2D eigenvalue weighted by atomic mass is 32.2. The lowest BCUT2D eigenvalue weighted by Gasteiger charge is -2.11. The van der Waals surface area contributed by atoms with Crippen molar-refractivity contribution >= 4 is 15.7 Å². The minimum Gasteiger partial charge on any atom is -0.351 e. The summed E-state index contributed by atoms with van der Waals surface area (Å²) in [5, 5.41) is 2.38. The molecule has 3 N–H and O–H groups in total. The van der Waals surface area contributed by atoms with Crippen molar-refractivity contribution in [3.63, 3.8) is 0 Å². The van der Waals surface area contributed by atoms with Gasteiger partial charge >= 0.3 is 0 Å². The summed E-state index contributed by atoms with van der Waals surface area (Å²) >= 11 is 0. The highest BCUT2D eigenvalue weighted by Crippen LogP contribution is 2.29. The van der Waals surface area contributed by atoms with Crippen molar-refractivity contribution in [1.82, 2.24) is 5.32 Å². The molecule has 1 fully saturated rings. The van der Waals surface area contributed by atoms with Crippen LogP contribution in [-0.4, -0.2) is 32.7 Å². The Hall–Kier alpha value is -1.40. The minimum absolute atomic E-state index is 0.236. The van der Waals surface area contributed by atoms with Gasteiger partial charge in [-0.1, -0.05) is 12.8 Å². The Balaban J connectivity index is 2.13. The zero-order chi connectivity index (χ0) is 14.6. The van der Waals surface area contributed by atoms with E-state index in [0.29, 0.717) is 23.5 Å². The van der Waals surface area contributed by atoms with Crippen molar-refractivity contribution in [2.24, 2.45) is 5.73 Å². The van der Waals surface area contributed by atoms with Crippen LogP contribution in [0.1, 0.15) is 36.0 Å². The van der Waals surface area contributed by atoms with Crippen LogP contribution in [0.4, 0.5) is 0 Å². The molecule has 0 spiro atoms. The van der Waals surface area contributed by atoms with E-state index in [0.717, 1.165) is 25.7 Å². The lowest BCUT2D eigenvalue weighted by Crippen LogP contribution is -2.29. The van der Waals surface area contributed by atoms with Crippen molar-refractivity contribution in [3.05, 3.63) is 29.8 Å². The largest absolute Gasteiger partial charge is 0.351 e. The van der Waals surface area contributed by atoms with Crippen molar-refractivity contribution in [2.75, 3.05) is 13.1 Å². The number of carbonyl (C=O) groups is 1. The first-order chi connectivity index (χ1) is 9.55. The quantitative estimate of drug-likeness (QED) is 0.851. The molecule has 2 rings (SSSR count). The molecular weight excluding hydrogens is 276 g/mol. The number of sulfone groups is 1. The van der Waals surface area contributed by atoms with E-state index >= 15 is 0 Å². The molecule has 0 bridgehead atoms. The first kappa shape index (κ1) is 15.0. The van der Waals surface area contributed by atoms with E-state index < -0.39 is 9.84 Å². The van der Waals surface area contributed by atoms with Crippen LogP contribution >= 0.6 is 0 Å². The van der Waals surface area contributed by atoms with E-state index in [1.165, 1.54) is 12.1 Å². The van der Waals surface area contributed by atoms with E-state index in [-0.39, 0.29) is 11.2 Å². The van der Waals surface area contributed by atoms with E-state index in [4.69, 9.17) is 5.73 Å². The summed E-state index contributed by atoms with van der Waals surface area (Å²) in [6.07, 6.45) is 3.43. The number of nitrogens with two attached hydrogens (primary N) is 1. The minimum atomic E-state index is -3.25. The zero-order valence-corrected chi connectivity index (χ0v) is 12.2. The second kappa shape index (κ2) is 6.37. The molecule has 1 aliphatic carbocycles. The molecule has 110 valence electrons. The first-order valence-electron chi connectivity index (χ1n) is 6.88. The van der Waals surface area contributed by atoms with Crippen LogP contribution in [0.25, 0.3) is 0 Å². The highest BCUT2D eigenvalue weighted by Gasteiger charge is 2.30. The summed E-state index contributed by atoms with van der Waals surface area (Å²) in [7, 11) is -3.25. The average Bonchev–Trinajstić information content (AvgIpc) is 3.00. The lowest BCUT2D eigenvalue weighted by atomic mass is 10.2. The molecule has 6 heteroatoms. The second-order valence-electron chi connectivity index (χ2n) is 5.02. The van der Waals surface area contributed by atoms with Gasteiger partial charge in [0.05, 0.1) is 10.1 Å². The van der Waals surface area contributed by atoms with Crippen LogP contribution in [0, 0.1) is 0 Å². The third-order valence-corrected chi connectivity index (χ3v) is 5.89. The normalized spacial score (nSPS) is 16.2. The maximum atomic E-state index is 12.4. The fraction of sp³-hybridized carbons (Fsp3) is 0.500. The van der Waals surface area contributed by atoms with Crippen molar-refractivity contribution in [3.8, 4) is 0 Å². The molecule has 5 nitrogen and oxygen atoms in total. The molecule has 1 aromatic rings. The predicted octanol–water partition coefficient (Wildman–Crippen LogP) is 1.09. The number of hydrogen-bond acceptors (Lipinski definition) is 4. The number of hydrogen-bond donors (Lipinski definition) is 2. The topological polar surface area (TPSA) is 89.3 Å². The summed E-state index contributed by atoms with van der Waals surface area (Å²) in [5.41, 5.74) is 5.76. The average molecular weight is 296 g/mol. The van der Waals surface area contributed by atoms with Crippen LogP contribution < -0.4 is 11.1 Å². The third kappa shape index (κ3) is 3.19. The standard InChI is InChI=1S/C14H20N2O3S/c15-9-10-16-14(17)11-5-7-13(8-6-11)20(18,19)12-3-1-2-4-12/h5-8,12H,1-4,9-10,15H2,(H,16,17). The Bertz CT molecular complexity index is 561. The molecule has 1 amide bonds. The summed E-state index contributed by atoms with van der Waals surface area (Å²) in [4.78, 5) is 12.0. The monoisotopic (exact) mass is 296 g/mol. The number of rotatable bonds is 5. The van der Waals surface area contributed by atoms with Gasteiger partial charge in [0.25, 0.3) is 5.91 Å². The number of nitrogens with one attached hydrogen (secondary N) is 1. The number of carbonyl (C=O) groups excluding carboxylic acids is 1. The van der Waals surface area contributed by atoms with Crippen LogP contribution in [0.15, 0.2) is 29.2 Å². The summed E-state index contributed by atoms with van der Waals surface area (Å²) < 4.78 is 24.7. The van der Waals surface area contributed by atoms with Gasteiger partial charge in [0, 0.05) is 18.7 Å². The molecule has 1 aromatic carbocycles. The van der Waals surface area contributed by atoms with Gasteiger partial charge in [-0.15, -0.1) is 0 Å². The van der Waals surface area contributed by atoms with Gasteiger partial charge < -0.3 is 11.1 Å². The number of benzene rings is 1. The van der Waals surface area contributed by atoms with Crippen LogP contribution in [0.5, 0.6) is 0 Å². The smallest absolute Gasteiger partial charge is 0.251 e. The van der Waals surface area contributed by atoms with Crippen LogP contribution in [0.2, 0.25) is 0 Å². The summed E-state index contributed by atoms with van der Waals surface area (Å²) in [6.45, 7) is 0.779. The molecule has 0 unspecified atom stereocenters. The van der Waals surface area contributed by atoms with Gasteiger partial charge in [-0.3, -0.25) is 4.79 Å². The van der Waals surface area contributed by atoms with Gasteiger partial charge in [0.15, 0.2) is 9.84 Å². The van der Waals surface area contributed by atoms with Gasteiger partial charge in [-0.2, -0.15) is 0 Å². The van der Waals surface area contributed by atoms with Gasteiger partial charge in [0.1, 0.15) is 0 Å². The van der Waals surface area contributed by atoms with Crippen LogP contribution in [-0.2, 0) is 9.84 Å². The molecule has 20 heavy (non-hydrogen) atoms. The number of amides is 1. The predicted molar refractivity (Wildman–Crippen MR) is 77.3 cm³/mol. The lowest BCUT2D eigenvalue weighted by molar-refractivity contribution is 0.0954. The SMILES string of the molecule is NCCNC(=O)c1ccc(S(=O)(=O)C2CCCC2)cc1. The molecule has 0 radical (unpaired) electrons. The molecule has 0 saturated heterocycles. The first-order valence-corrected chi connectivity index (χ1v) is 8.42. The molecule has 0 aliphatic heterocycles. The van der Waals surface area contributed by atoms with Gasteiger partial charge in [-0.25, -0.2) is 8.42 Å². The Kier molecular flexibility index (Phi) is 4.77. The Morgan fingerprint density at radius 1 is 1.20 bits per heavy atom. The van der Waals surface area contributed by atoms with E-state index in [1.807, 2.05) is 0 Å². The third-order valence-electron chi connectivity index (χ3n) is 3.62. The van der Waals surface area contributed by atoms with E-state index in [1.54, 1.807) is 12.1 Å². The molecular formula is C14H20N2O3S. The van der Waals surface area contributed by atoms with Crippen molar-refractivity contribution < 1.29 is 13.2 Å². The van der Waals surface area contributed by atoms with Crippen molar-refractivity contribution in [1.29, 1.82) is 0 Å². The molecule has 0 atom stereocenters. The molecule has 1 aliphatic rings. The summed E-state index contributed by atoms with van der Waals surface area (Å²) in [6, 6.07) is 6.14. The summed E-state index contributed by atoms with van der Waals surface area (Å²) in [5.74, 6) is -0.236. The maximum Gasteiger partial charge on any atom is 0.251 e. The highest BCUT2D eigenvalue weighted by molar-refractivity contribution is 7.92. The maximum absolute atomic E-state index is 12.4. The Morgan fingerprint density at radius 3 is 2.35 bits per heavy atom. The Morgan fingerprint density at radius 2 is 1.80 bits per heavy atom. The van der Waals surface area contributed by atoms with E-state index in [9.17, 15) is 13.2 Å². The fourth-order valence-electron chi connectivity index (χ4n) is 2.47. The van der Waals surface area contributed by atoms with E-state index in [2.05, 4.69) is 5.32 Å². The second-order valence-corrected chi connectivity index (χ2v) is 7.25. The van der Waals surface area contributed by atoms with Crippen LogP contribution in [0.3, 0.4) is 0 Å². The van der Waals surface area contributed by atoms with Crippen molar-refractivity contribution in [2.45, 2.75) is 35.8 Å². The molecule has 0 heterocycles. The fourth-order valence-corrected chi connectivity index (χ4v) is 4.33. The Labute approximate surface area is 119 Å². The van der Waals surface area contributed by atoms with Gasteiger partial charge in [-0.05, 0) is 37.1 Å². The van der Waals surface area contributed by atoms with Gasteiger partial charge in [0.2, 0.25) is 0 Å². The molecule has 0 aromatic heterocycles. The zero-order valence-electron chi connectivity index (χ0n) is 11.3.